The maximum absolute atomic E-state index is 12.9. The first-order valence-corrected chi connectivity index (χ1v) is 10.3. The Hall–Kier alpha value is -3.23. The van der Waals surface area contributed by atoms with Crippen LogP contribution in [0.2, 0.25) is 0 Å². The molecule has 31 heavy (non-hydrogen) atoms. The Balaban J connectivity index is 1.58. The van der Waals surface area contributed by atoms with Crippen LogP contribution in [-0.2, 0) is 16.9 Å². The highest BCUT2D eigenvalue weighted by molar-refractivity contribution is 5.88. The van der Waals surface area contributed by atoms with Gasteiger partial charge in [0.25, 0.3) is 5.91 Å². The van der Waals surface area contributed by atoms with E-state index >= 15 is 0 Å². The zero-order valence-corrected chi connectivity index (χ0v) is 17.4. The van der Waals surface area contributed by atoms with Gasteiger partial charge in [-0.2, -0.15) is 0 Å². The summed E-state index contributed by atoms with van der Waals surface area (Å²) in [6.45, 7) is 1.09. The molecule has 1 fully saturated rings. The molecule has 3 heterocycles. The number of ether oxygens (including phenoxy) is 1. The molecule has 1 aliphatic rings. The Kier molecular flexibility index (Phi) is 6.01. The summed E-state index contributed by atoms with van der Waals surface area (Å²) in [7, 11) is 1.61. The average molecular weight is 425 g/mol. The van der Waals surface area contributed by atoms with E-state index in [9.17, 15) is 9.90 Å². The third-order valence-corrected chi connectivity index (χ3v) is 5.93. The zero-order valence-electron chi connectivity index (χ0n) is 17.4. The molecule has 0 spiro atoms. The van der Waals surface area contributed by atoms with Crippen molar-refractivity contribution in [3.05, 3.63) is 72.1 Å². The van der Waals surface area contributed by atoms with Gasteiger partial charge in [-0.1, -0.05) is 12.1 Å². The number of nitrogens with one attached hydrogen (secondary N) is 1. The van der Waals surface area contributed by atoms with Gasteiger partial charge in [-0.3, -0.25) is 9.69 Å². The van der Waals surface area contributed by atoms with Crippen molar-refractivity contribution in [2.24, 2.45) is 5.73 Å². The number of nitrogens with zero attached hydrogens (tertiary/aromatic N) is 1. The van der Waals surface area contributed by atoms with Crippen LogP contribution in [0.5, 0.6) is 5.75 Å². The summed E-state index contributed by atoms with van der Waals surface area (Å²) < 4.78 is 16.8. The molecule has 0 saturated carbocycles. The van der Waals surface area contributed by atoms with Crippen LogP contribution in [0.4, 0.5) is 5.69 Å². The van der Waals surface area contributed by atoms with Crippen LogP contribution < -0.4 is 15.8 Å². The average Bonchev–Trinajstić information content (AvgIpc) is 3.51. The summed E-state index contributed by atoms with van der Waals surface area (Å²) in [6, 6.07) is 12.7. The lowest BCUT2D eigenvalue weighted by Gasteiger charge is -2.43. The first kappa shape index (κ1) is 21.0. The number of hydrogen-bond donors (Lipinski definition) is 3. The highest BCUT2D eigenvalue weighted by Crippen LogP contribution is 2.39. The van der Waals surface area contributed by atoms with Crippen LogP contribution in [-0.4, -0.2) is 42.2 Å². The fraction of sp³-hybridized carbons (Fsp3) is 0.348. The minimum Gasteiger partial charge on any atom is -0.495 e. The number of aliphatic hydroxyl groups excluding tert-OH is 1. The van der Waals surface area contributed by atoms with Crippen molar-refractivity contribution in [3.63, 3.8) is 0 Å². The number of hydrogen-bond acceptors (Lipinski definition) is 7. The summed E-state index contributed by atoms with van der Waals surface area (Å²) in [4.78, 5) is 14.9. The van der Waals surface area contributed by atoms with Gasteiger partial charge in [0.15, 0.2) is 0 Å². The van der Waals surface area contributed by atoms with Gasteiger partial charge in [-0.15, -0.1) is 0 Å². The molecule has 0 atom stereocenters. The summed E-state index contributed by atoms with van der Waals surface area (Å²) in [5.41, 5.74) is 6.22. The van der Waals surface area contributed by atoms with E-state index in [1.54, 1.807) is 31.4 Å². The van der Waals surface area contributed by atoms with Crippen LogP contribution in [0.25, 0.3) is 0 Å². The molecule has 3 aromatic rings. The molecule has 164 valence electrons. The van der Waals surface area contributed by atoms with Crippen molar-refractivity contribution < 1.29 is 23.5 Å². The Bertz CT molecular complexity index is 936. The topological polar surface area (TPSA) is 114 Å². The number of methoxy groups -OCH3 is 1. The molecule has 1 aliphatic heterocycles. The van der Waals surface area contributed by atoms with Crippen LogP contribution in [0.3, 0.4) is 0 Å². The Labute approximate surface area is 180 Å². The van der Waals surface area contributed by atoms with Gasteiger partial charge >= 0.3 is 0 Å². The molecule has 1 amide bonds. The summed E-state index contributed by atoms with van der Waals surface area (Å²) in [6.07, 6.45) is 4.56. The van der Waals surface area contributed by atoms with Crippen molar-refractivity contribution in [2.45, 2.75) is 31.0 Å². The Morgan fingerprint density at radius 2 is 1.81 bits per heavy atom. The van der Waals surface area contributed by atoms with Gasteiger partial charge in [0, 0.05) is 24.7 Å². The van der Waals surface area contributed by atoms with Crippen LogP contribution in [0.15, 0.2) is 63.8 Å². The van der Waals surface area contributed by atoms with Gasteiger partial charge in [0.05, 0.1) is 31.9 Å². The number of anilines is 1. The molecule has 4 rings (SSSR count). The molecule has 1 saturated heterocycles. The van der Waals surface area contributed by atoms with E-state index in [1.165, 1.54) is 12.5 Å². The summed E-state index contributed by atoms with van der Waals surface area (Å²) in [5.74, 6) is 1.02. The number of likely N-dealkylation sites (tertiary alicyclic amines) is 1. The second-order valence-electron chi connectivity index (χ2n) is 7.59. The minimum absolute atomic E-state index is 0.0832. The molecule has 8 heteroatoms. The van der Waals surface area contributed by atoms with E-state index in [-0.39, 0.29) is 12.6 Å². The summed E-state index contributed by atoms with van der Waals surface area (Å²) in [5, 5.41) is 13.2. The van der Waals surface area contributed by atoms with Gasteiger partial charge < -0.3 is 29.7 Å². The van der Waals surface area contributed by atoms with Gasteiger partial charge in [0.2, 0.25) is 5.54 Å². The van der Waals surface area contributed by atoms with E-state index in [0.29, 0.717) is 30.4 Å². The monoisotopic (exact) mass is 425 g/mol. The molecule has 1 aromatic carbocycles. The first-order valence-electron chi connectivity index (χ1n) is 10.3. The number of furan rings is 2. The largest absolute Gasteiger partial charge is 0.495 e. The lowest BCUT2D eigenvalue weighted by molar-refractivity contribution is -0.131. The number of para-hydroxylation sites is 1. The number of nitrogens with two attached hydrogens (primary N) is 1. The second-order valence-corrected chi connectivity index (χ2v) is 7.59. The second kappa shape index (κ2) is 8.87. The van der Waals surface area contributed by atoms with Gasteiger partial charge in [-0.25, -0.2) is 0 Å². The lowest BCUT2D eigenvalue weighted by Crippen LogP contribution is -2.58. The van der Waals surface area contributed by atoms with Crippen LogP contribution >= 0.6 is 0 Å². The Morgan fingerprint density at radius 3 is 2.29 bits per heavy atom. The number of benzene rings is 1. The van der Waals surface area contributed by atoms with E-state index in [4.69, 9.17) is 19.3 Å². The number of piperidine rings is 1. The third kappa shape index (κ3) is 3.68. The summed E-state index contributed by atoms with van der Waals surface area (Å²) >= 11 is 0. The lowest BCUT2D eigenvalue weighted by atomic mass is 9.87. The molecule has 0 radical (unpaired) electrons. The maximum atomic E-state index is 12.9. The van der Waals surface area contributed by atoms with E-state index in [0.717, 1.165) is 24.1 Å². The molecule has 0 bridgehead atoms. The van der Waals surface area contributed by atoms with Crippen molar-refractivity contribution in [1.82, 2.24) is 4.90 Å². The van der Waals surface area contributed by atoms with Crippen molar-refractivity contribution in [3.8, 4) is 5.75 Å². The minimum atomic E-state index is -1.31. The zero-order chi connectivity index (χ0) is 21.8. The Morgan fingerprint density at radius 1 is 1.16 bits per heavy atom. The number of primary amides is 1. The fourth-order valence-electron chi connectivity index (χ4n) is 4.41. The highest BCUT2D eigenvalue weighted by Gasteiger charge is 2.51. The molecule has 8 nitrogen and oxygen atoms in total. The van der Waals surface area contributed by atoms with Crippen molar-refractivity contribution >= 4 is 11.6 Å². The molecule has 2 aromatic heterocycles. The van der Waals surface area contributed by atoms with Crippen molar-refractivity contribution in [1.29, 1.82) is 0 Å². The predicted molar refractivity (Wildman–Crippen MR) is 115 cm³/mol. The van der Waals surface area contributed by atoms with Gasteiger partial charge in [0.1, 0.15) is 17.3 Å². The van der Waals surface area contributed by atoms with E-state index in [2.05, 4.69) is 5.32 Å². The number of rotatable bonds is 8. The third-order valence-electron chi connectivity index (χ3n) is 5.93. The highest BCUT2D eigenvalue weighted by atomic mass is 16.5. The number of carbonyl (C=O) groups excluding carboxylic acids is 1. The number of aliphatic hydroxyl groups is 1. The normalized spacial score (nSPS) is 15.7. The number of carbonyl (C=O) groups is 1. The molecular formula is C23H27N3O5. The molecule has 0 unspecified atom stereocenters. The molecule has 4 N–H and O–H groups in total. The standard InChI is InChI=1S/C23H27N3O5/c1-29-18-6-2-5-16(15-27)21(18)25-17-9-11-26(12-10-17)23(22(24)28,19-7-3-13-30-19)20-8-4-14-31-20/h2-8,13-14,17,25,27H,9-12,15H2,1H3,(H2,24,28). The number of amides is 1. The van der Waals surface area contributed by atoms with E-state index < -0.39 is 11.4 Å². The van der Waals surface area contributed by atoms with Crippen molar-refractivity contribution in [2.75, 3.05) is 25.5 Å². The fourth-order valence-corrected chi connectivity index (χ4v) is 4.41. The van der Waals surface area contributed by atoms with Crippen LogP contribution in [0, 0.1) is 0 Å². The quantitative estimate of drug-likeness (QED) is 0.508. The van der Waals surface area contributed by atoms with Gasteiger partial charge in [-0.05, 0) is 43.2 Å². The molecule has 0 aliphatic carbocycles. The van der Waals surface area contributed by atoms with Crippen LogP contribution in [0.1, 0.15) is 29.9 Å². The first-order chi connectivity index (χ1) is 15.1. The predicted octanol–water partition coefficient (Wildman–Crippen LogP) is 2.68. The van der Waals surface area contributed by atoms with E-state index in [1.807, 2.05) is 23.1 Å². The SMILES string of the molecule is COc1cccc(CO)c1NC1CCN(C(C(N)=O)(c2ccco2)c2ccco2)CC1. The molecular weight excluding hydrogens is 398 g/mol. The smallest absolute Gasteiger partial charge is 0.253 e. The maximum Gasteiger partial charge on any atom is 0.253 e.